The molecule has 3 aliphatic rings. The van der Waals surface area contributed by atoms with E-state index in [2.05, 4.69) is 0 Å². The lowest BCUT2D eigenvalue weighted by molar-refractivity contribution is -0.174. The molecule has 3 fully saturated rings. The molecule has 160 valence electrons. The Morgan fingerprint density at radius 3 is 2.24 bits per heavy atom. The zero-order chi connectivity index (χ0) is 21.0. The van der Waals surface area contributed by atoms with E-state index < -0.39 is 55.2 Å². The molecule has 1 aromatic rings. The largest absolute Gasteiger partial charge is 0.449 e. The highest BCUT2D eigenvalue weighted by atomic mass is 31.2. The van der Waals surface area contributed by atoms with E-state index in [1.54, 1.807) is 38.1 Å². The van der Waals surface area contributed by atoms with Crippen LogP contribution in [0.25, 0.3) is 0 Å². The Morgan fingerprint density at radius 1 is 1.00 bits per heavy atom. The molecule has 29 heavy (non-hydrogen) atoms. The van der Waals surface area contributed by atoms with Crippen molar-refractivity contribution in [3.8, 4) is 0 Å². The van der Waals surface area contributed by atoms with Crippen molar-refractivity contribution >= 4 is 18.6 Å². The summed E-state index contributed by atoms with van der Waals surface area (Å²) in [5, 5.41) is 0.446. The van der Waals surface area contributed by atoms with E-state index in [0.29, 0.717) is 5.30 Å². The highest BCUT2D eigenvalue weighted by molar-refractivity contribution is 7.67. The van der Waals surface area contributed by atoms with Crippen molar-refractivity contribution < 1.29 is 37.6 Å². The molecule has 8 nitrogen and oxygen atoms in total. The quantitative estimate of drug-likeness (QED) is 0.538. The average Bonchev–Trinajstić information content (AvgIpc) is 3.16. The summed E-state index contributed by atoms with van der Waals surface area (Å²) in [5.74, 6) is -3.44. The van der Waals surface area contributed by atoms with Gasteiger partial charge in [0, 0.05) is 12.2 Å². The number of ether oxygens (including phenoxy) is 5. The third kappa shape index (κ3) is 3.90. The fourth-order valence-electron chi connectivity index (χ4n) is 4.09. The number of carbonyl (C=O) groups excluding carboxylic acids is 1. The van der Waals surface area contributed by atoms with Crippen LogP contribution in [-0.2, 0) is 37.6 Å². The normalized spacial score (nSPS) is 40.4. The molecule has 0 radical (unpaired) electrons. The van der Waals surface area contributed by atoms with Crippen molar-refractivity contribution in [3.05, 3.63) is 30.3 Å². The first-order valence-corrected chi connectivity index (χ1v) is 11.4. The van der Waals surface area contributed by atoms with Crippen LogP contribution in [0.4, 0.5) is 0 Å². The minimum Gasteiger partial charge on any atom is -0.449 e. The second kappa shape index (κ2) is 7.15. The van der Waals surface area contributed by atoms with Crippen molar-refractivity contribution in [1.29, 1.82) is 0 Å². The molecule has 0 bridgehead atoms. The van der Waals surface area contributed by atoms with Gasteiger partial charge in [0.2, 0.25) is 5.85 Å². The Balaban J connectivity index is 1.78. The van der Waals surface area contributed by atoms with Gasteiger partial charge in [-0.3, -0.25) is 9.36 Å². The average molecular weight is 426 g/mol. The van der Waals surface area contributed by atoms with Crippen molar-refractivity contribution in [2.75, 3.05) is 6.61 Å². The standard InChI is InChI=1S/C20H27O8P/c1-12(21)24-18-17-16(26-20(4,5)27-17)15(14-11-23-19(2,3)25-14)28-29(18,22)13-9-7-6-8-10-13/h6-10,14-18H,11H2,1-5H3/t14-,15-,16+,17+,18-,29-/m1/s1. The van der Waals surface area contributed by atoms with Gasteiger partial charge in [-0.25, -0.2) is 0 Å². The number of fused-ring (bicyclic) bond motifs is 1. The zero-order valence-corrected chi connectivity index (χ0v) is 18.1. The summed E-state index contributed by atoms with van der Waals surface area (Å²) in [6, 6.07) is 8.74. The summed E-state index contributed by atoms with van der Waals surface area (Å²) in [4.78, 5) is 11.9. The van der Waals surface area contributed by atoms with E-state index in [1.807, 2.05) is 19.9 Å². The van der Waals surface area contributed by atoms with Crippen LogP contribution >= 0.6 is 7.37 Å². The van der Waals surface area contributed by atoms with Gasteiger partial charge in [-0.15, -0.1) is 0 Å². The lowest BCUT2D eigenvalue weighted by Gasteiger charge is -2.42. The lowest BCUT2D eigenvalue weighted by atomic mass is 10.0. The predicted molar refractivity (Wildman–Crippen MR) is 103 cm³/mol. The van der Waals surface area contributed by atoms with Crippen molar-refractivity contribution in [2.24, 2.45) is 0 Å². The van der Waals surface area contributed by atoms with Crippen LogP contribution in [-0.4, -0.2) is 54.4 Å². The van der Waals surface area contributed by atoms with Gasteiger partial charge in [0.15, 0.2) is 11.6 Å². The summed E-state index contributed by atoms with van der Waals surface area (Å²) in [7, 11) is -3.69. The first-order valence-electron chi connectivity index (χ1n) is 9.69. The van der Waals surface area contributed by atoms with E-state index >= 15 is 0 Å². The molecule has 4 rings (SSSR count). The maximum atomic E-state index is 14.3. The second-order valence-electron chi connectivity index (χ2n) is 8.43. The van der Waals surface area contributed by atoms with Crippen LogP contribution < -0.4 is 5.30 Å². The third-order valence-electron chi connectivity index (χ3n) is 5.18. The summed E-state index contributed by atoms with van der Waals surface area (Å²) in [5.41, 5.74) is 0. The van der Waals surface area contributed by atoms with Crippen LogP contribution in [0.5, 0.6) is 0 Å². The molecule has 0 N–H and O–H groups in total. The van der Waals surface area contributed by atoms with Crippen LogP contribution in [0.15, 0.2) is 30.3 Å². The molecule has 0 saturated carbocycles. The molecule has 0 aromatic heterocycles. The Bertz CT molecular complexity index is 823. The number of carbonyl (C=O) groups is 1. The molecule has 6 atom stereocenters. The highest BCUT2D eigenvalue weighted by Crippen LogP contribution is 2.61. The predicted octanol–water partition coefficient (Wildman–Crippen LogP) is 2.55. The molecule has 3 aliphatic heterocycles. The van der Waals surface area contributed by atoms with Gasteiger partial charge in [0.25, 0.3) is 7.37 Å². The fourth-order valence-corrected chi connectivity index (χ4v) is 6.74. The lowest BCUT2D eigenvalue weighted by Crippen LogP contribution is -2.55. The van der Waals surface area contributed by atoms with E-state index in [4.69, 9.17) is 28.2 Å². The van der Waals surface area contributed by atoms with E-state index in [1.165, 1.54) is 6.92 Å². The molecule has 0 spiro atoms. The Labute approximate surface area is 170 Å². The van der Waals surface area contributed by atoms with Gasteiger partial charge in [0.05, 0.1) is 6.61 Å². The smallest absolute Gasteiger partial charge is 0.303 e. The van der Waals surface area contributed by atoms with Crippen LogP contribution in [0.3, 0.4) is 0 Å². The SMILES string of the molecule is CC(=O)O[C@H]1[C@H]2OC(C)(C)O[C@H]2[C@@H]([C@H]2COC(C)(C)O2)O[P@]1(=O)c1ccccc1. The molecule has 0 amide bonds. The highest BCUT2D eigenvalue weighted by Gasteiger charge is 2.64. The minimum atomic E-state index is -3.69. The Kier molecular flexibility index (Phi) is 5.17. The maximum Gasteiger partial charge on any atom is 0.303 e. The number of hydrogen-bond donors (Lipinski definition) is 0. The molecular formula is C20H27O8P. The van der Waals surface area contributed by atoms with E-state index in [9.17, 15) is 9.36 Å². The first kappa shape index (κ1) is 21.0. The number of rotatable bonds is 3. The van der Waals surface area contributed by atoms with Crippen molar-refractivity contribution in [1.82, 2.24) is 0 Å². The molecule has 9 heteroatoms. The molecule has 3 saturated heterocycles. The fraction of sp³-hybridized carbons (Fsp3) is 0.650. The van der Waals surface area contributed by atoms with Gasteiger partial charge in [0.1, 0.15) is 24.4 Å². The Morgan fingerprint density at radius 2 is 1.66 bits per heavy atom. The molecule has 0 aliphatic carbocycles. The topological polar surface area (TPSA) is 89.5 Å². The monoisotopic (exact) mass is 426 g/mol. The molecule has 3 heterocycles. The summed E-state index contributed by atoms with van der Waals surface area (Å²) < 4.78 is 49.9. The number of esters is 1. The first-order chi connectivity index (χ1) is 13.5. The van der Waals surface area contributed by atoms with E-state index in [0.717, 1.165) is 0 Å². The second-order valence-corrected chi connectivity index (χ2v) is 10.9. The molecule has 0 unspecified atom stereocenters. The minimum absolute atomic E-state index is 0.262. The van der Waals surface area contributed by atoms with Crippen molar-refractivity contribution in [3.63, 3.8) is 0 Å². The van der Waals surface area contributed by atoms with Crippen LogP contribution in [0.2, 0.25) is 0 Å². The zero-order valence-electron chi connectivity index (χ0n) is 17.2. The van der Waals surface area contributed by atoms with Crippen molar-refractivity contribution in [2.45, 2.75) is 76.5 Å². The number of hydrogen-bond acceptors (Lipinski definition) is 8. The summed E-state index contributed by atoms with van der Waals surface area (Å²) in [6.07, 6.45) is -2.64. The number of benzene rings is 1. The van der Waals surface area contributed by atoms with E-state index in [-0.39, 0.29) is 6.61 Å². The summed E-state index contributed by atoms with van der Waals surface area (Å²) >= 11 is 0. The van der Waals surface area contributed by atoms with Gasteiger partial charge in [-0.05, 0) is 39.8 Å². The van der Waals surface area contributed by atoms with Gasteiger partial charge in [-0.2, -0.15) is 0 Å². The maximum absolute atomic E-state index is 14.3. The summed E-state index contributed by atoms with van der Waals surface area (Å²) in [6.45, 7) is 8.67. The Hall–Kier alpha value is -1.28. The molecule has 1 aromatic carbocycles. The van der Waals surface area contributed by atoms with Crippen LogP contribution in [0, 0.1) is 0 Å². The van der Waals surface area contributed by atoms with Gasteiger partial charge in [-0.1, -0.05) is 18.2 Å². The van der Waals surface area contributed by atoms with Crippen LogP contribution in [0.1, 0.15) is 34.6 Å². The molecular weight excluding hydrogens is 399 g/mol. The third-order valence-corrected chi connectivity index (χ3v) is 7.83. The van der Waals surface area contributed by atoms with Gasteiger partial charge < -0.3 is 28.2 Å². The van der Waals surface area contributed by atoms with Gasteiger partial charge >= 0.3 is 5.97 Å².